The van der Waals surface area contributed by atoms with Crippen molar-refractivity contribution in [1.82, 2.24) is 0 Å². The Kier molecular flexibility index (Phi) is 3.72. The number of hydrogen-bond acceptors (Lipinski definition) is 2. The molecular weight excluding hydrogens is 253 g/mol. The van der Waals surface area contributed by atoms with Gasteiger partial charge in [0.2, 0.25) is 0 Å². The lowest BCUT2D eigenvalue weighted by molar-refractivity contribution is 0.307. The van der Waals surface area contributed by atoms with Crippen molar-refractivity contribution < 1.29 is 9.13 Å². The number of nitrogen functional groups attached to an aromatic ring is 1. The minimum atomic E-state index is -0.327. The van der Waals surface area contributed by atoms with Gasteiger partial charge in [0, 0.05) is 11.1 Å². The van der Waals surface area contributed by atoms with E-state index in [0.717, 1.165) is 5.56 Å². The first-order chi connectivity index (χ1) is 8.56. The number of hydrogen-bond donors (Lipinski definition) is 1. The third kappa shape index (κ3) is 2.93. The van der Waals surface area contributed by atoms with E-state index in [1.54, 1.807) is 25.1 Å². The van der Waals surface area contributed by atoms with Crippen molar-refractivity contribution >= 4 is 17.3 Å². The number of anilines is 1. The zero-order valence-electron chi connectivity index (χ0n) is 9.91. The van der Waals surface area contributed by atoms with Crippen LogP contribution in [0.3, 0.4) is 0 Å². The maximum atomic E-state index is 13.2. The van der Waals surface area contributed by atoms with Gasteiger partial charge in [0.15, 0.2) is 0 Å². The quantitative estimate of drug-likeness (QED) is 0.853. The molecule has 0 aliphatic rings. The Morgan fingerprint density at radius 3 is 2.56 bits per heavy atom. The van der Waals surface area contributed by atoms with Crippen LogP contribution in [0.15, 0.2) is 36.4 Å². The lowest BCUT2D eigenvalue weighted by atomic mass is 10.2. The van der Waals surface area contributed by atoms with Gasteiger partial charge in [-0.15, -0.1) is 0 Å². The highest BCUT2D eigenvalue weighted by Gasteiger charge is 2.06. The molecule has 0 heterocycles. The predicted molar refractivity (Wildman–Crippen MR) is 71.3 cm³/mol. The van der Waals surface area contributed by atoms with E-state index in [9.17, 15) is 4.39 Å². The molecule has 0 unspecified atom stereocenters. The third-order valence-electron chi connectivity index (χ3n) is 2.60. The lowest BCUT2D eigenvalue weighted by Crippen LogP contribution is -2.00. The largest absolute Gasteiger partial charge is 0.487 e. The van der Waals surface area contributed by atoms with E-state index >= 15 is 0 Å². The molecule has 0 aliphatic heterocycles. The maximum absolute atomic E-state index is 13.2. The number of halogens is 2. The first kappa shape index (κ1) is 12.7. The fraction of sp³-hybridized carbons (Fsp3) is 0.143. The molecule has 0 radical (unpaired) electrons. The van der Waals surface area contributed by atoms with Gasteiger partial charge >= 0.3 is 0 Å². The molecular formula is C14H13ClFNO. The third-order valence-corrected chi connectivity index (χ3v) is 2.85. The Hall–Kier alpha value is -1.74. The molecule has 4 heteroatoms. The summed E-state index contributed by atoms with van der Waals surface area (Å²) >= 11 is 5.79. The SMILES string of the molecule is Cc1cc(OCc2ccc(Cl)cc2)c(N)cc1F. The Bertz CT molecular complexity index is 554. The number of benzene rings is 2. The van der Waals surface area contributed by atoms with Crippen molar-refractivity contribution in [2.24, 2.45) is 0 Å². The standard InChI is InChI=1S/C14H13ClFNO/c1-9-6-14(13(17)7-12(9)16)18-8-10-2-4-11(15)5-3-10/h2-7H,8,17H2,1H3. The summed E-state index contributed by atoms with van der Waals surface area (Å²) in [7, 11) is 0. The predicted octanol–water partition coefficient (Wildman–Crippen LogP) is 3.95. The fourth-order valence-electron chi connectivity index (χ4n) is 1.54. The smallest absolute Gasteiger partial charge is 0.143 e. The molecule has 2 rings (SSSR count). The second-order valence-corrected chi connectivity index (χ2v) is 4.49. The van der Waals surface area contributed by atoms with Crippen LogP contribution in [-0.4, -0.2) is 0 Å². The number of aryl methyl sites for hydroxylation is 1. The van der Waals surface area contributed by atoms with E-state index in [0.29, 0.717) is 28.6 Å². The molecule has 0 atom stereocenters. The van der Waals surface area contributed by atoms with Crippen LogP contribution in [-0.2, 0) is 6.61 Å². The van der Waals surface area contributed by atoms with Gasteiger partial charge in [-0.2, -0.15) is 0 Å². The van der Waals surface area contributed by atoms with E-state index in [-0.39, 0.29) is 5.82 Å². The van der Waals surface area contributed by atoms with E-state index in [4.69, 9.17) is 22.1 Å². The summed E-state index contributed by atoms with van der Waals surface area (Å²) in [6.07, 6.45) is 0. The molecule has 0 saturated carbocycles. The molecule has 2 N–H and O–H groups in total. The molecule has 0 bridgehead atoms. The van der Waals surface area contributed by atoms with E-state index in [1.165, 1.54) is 6.07 Å². The Balaban J connectivity index is 2.10. The Labute approximate surface area is 110 Å². The minimum absolute atomic E-state index is 0.298. The molecule has 0 amide bonds. The van der Waals surface area contributed by atoms with Crippen molar-refractivity contribution in [3.05, 3.63) is 58.4 Å². The van der Waals surface area contributed by atoms with Crippen LogP contribution in [0.2, 0.25) is 5.02 Å². The van der Waals surface area contributed by atoms with Crippen LogP contribution in [0.1, 0.15) is 11.1 Å². The molecule has 18 heavy (non-hydrogen) atoms. The van der Waals surface area contributed by atoms with E-state index in [1.807, 2.05) is 12.1 Å². The van der Waals surface area contributed by atoms with Gasteiger partial charge in [-0.3, -0.25) is 0 Å². The van der Waals surface area contributed by atoms with Crippen LogP contribution >= 0.6 is 11.6 Å². The number of nitrogens with two attached hydrogens (primary N) is 1. The van der Waals surface area contributed by atoms with Gasteiger partial charge in [0.1, 0.15) is 18.2 Å². The second-order valence-electron chi connectivity index (χ2n) is 4.05. The highest BCUT2D eigenvalue weighted by Crippen LogP contribution is 2.25. The molecule has 0 spiro atoms. The summed E-state index contributed by atoms with van der Waals surface area (Å²) in [5.74, 6) is 0.162. The van der Waals surface area contributed by atoms with E-state index in [2.05, 4.69) is 0 Å². The number of ether oxygens (including phenoxy) is 1. The normalized spacial score (nSPS) is 10.4. The van der Waals surface area contributed by atoms with Crippen molar-refractivity contribution in [3.63, 3.8) is 0 Å². The molecule has 2 nitrogen and oxygen atoms in total. The van der Waals surface area contributed by atoms with Gasteiger partial charge in [-0.25, -0.2) is 4.39 Å². The molecule has 2 aromatic rings. The highest BCUT2D eigenvalue weighted by molar-refractivity contribution is 6.30. The van der Waals surface area contributed by atoms with E-state index < -0.39 is 0 Å². The summed E-state index contributed by atoms with van der Waals surface area (Å²) in [5, 5.41) is 0.677. The van der Waals surface area contributed by atoms with Gasteiger partial charge in [0.25, 0.3) is 0 Å². The molecule has 0 fully saturated rings. The van der Waals surface area contributed by atoms with Crippen LogP contribution < -0.4 is 10.5 Å². The summed E-state index contributed by atoms with van der Waals surface area (Å²) in [6.45, 7) is 2.04. The van der Waals surface area contributed by atoms with Gasteiger partial charge in [-0.05, 0) is 36.2 Å². The molecule has 0 aliphatic carbocycles. The minimum Gasteiger partial charge on any atom is -0.487 e. The first-order valence-electron chi connectivity index (χ1n) is 5.49. The first-order valence-corrected chi connectivity index (χ1v) is 5.87. The summed E-state index contributed by atoms with van der Waals surface area (Å²) in [4.78, 5) is 0. The molecule has 2 aromatic carbocycles. The monoisotopic (exact) mass is 265 g/mol. The maximum Gasteiger partial charge on any atom is 0.143 e. The summed E-state index contributed by atoms with van der Waals surface area (Å²) < 4.78 is 18.8. The van der Waals surface area contributed by atoms with Crippen LogP contribution in [0.4, 0.5) is 10.1 Å². The lowest BCUT2D eigenvalue weighted by Gasteiger charge is -2.10. The number of rotatable bonds is 3. The molecule has 0 aromatic heterocycles. The van der Waals surface area contributed by atoms with Crippen molar-refractivity contribution in [2.45, 2.75) is 13.5 Å². The Morgan fingerprint density at radius 1 is 1.22 bits per heavy atom. The summed E-state index contributed by atoms with van der Waals surface area (Å²) in [5.41, 5.74) is 7.47. The average Bonchev–Trinajstić information content (AvgIpc) is 2.34. The second kappa shape index (κ2) is 5.27. The fourth-order valence-corrected chi connectivity index (χ4v) is 1.66. The summed E-state index contributed by atoms with van der Waals surface area (Å²) in [6, 6.07) is 10.2. The van der Waals surface area contributed by atoms with Gasteiger partial charge < -0.3 is 10.5 Å². The van der Waals surface area contributed by atoms with Crippen molar-refractivity contribution in [1.29, 1.82) is 0 Å². The van der Waals surface area contributed by atoms with Crippen LogP contribution in [0.5, 0.6) is 5.75 Å². The zero-order chi connectivity index (χ0) is 13.1. The van der Waals surface area contributed by atoms with Crippen LogP contribution in [0, 0.1) is 12.7 Å². The van der Waals surface area contributed by atoms with Crippen molar-refractivity contribution in [3.8, 4) is 5.75 Å². The molecule has 0 saturated heterocycles. The van der Waals surface area contributed by atoms with Crippen molar-refractivity contribution in [2.75, 3.05) is 5.73 Å². The highest BCUT2D eigenvalue weighted by atomic mass is 35.5. The average molecular weight is 266 g/mol. The molecule has 94 valence electrons. The Morgan fingerprint density at radius 2 is 1.89 bits per heavy atom. The topological polar surface area (TPSA) is 35.2 Å². The van der Waals surface area contributed by atoms with Crippen LogP contribution in [0.25, 0.3) is 0 Å². The van der Waals surface area contributed by atoms with Gasteiger partial charge in [0.05, 0.1) is 5.69 Å². The zero-order valence-corrected chi connectivity index (χ0v) is 10.7. The van der Waals surface area contributed by atoms with Gasteiger partial charge in [-0.1, -0.05) is 23.7 Å².